The maximum atomic E-state index is 11.9. The molecule has 1 aromatic rings. The molecule has 1 heterocycles. The van der Waals surface area contributed by atoms with Crippen molar-refractivity contribution in [3.05, 3.63) is 29.8 Å². The van der Waals surface area contributed by atoms with Gasteiger partial charge in [-0.15, -0.1) is 0 Å². The zero-order chi connectivity index (χ0) is 16.2. The molecular weight excluding hydrogens is 294 g/mol. The van der Waals surface area contributed by atoms with Crippen molar-refractivity contribution < 1.29 is 19.0 Å². The first-order chi connectivity index (χ1) is 11.2. The van der Waals surface area contributed by atoms with Crippen molar-refractivity contribution in [1.29, 1.82) is 0 Å². The monoisotopic (exact) mass is 319 g/mol. The Hall–Kier alpha value is -1.59. The fourth-order valence-corrected chi connectivity index (χ4v) is 3.56. The van der Waals surface area contributed by atoms with Crippen molar-refractivity contribution in [2.24, 2.45) is 0 Å². The van der Waals surface area contributed by atoms with Crippen molar-refractivity contribution in [3.63, 3.8) is 0 Å². The van der Waals surface area contributed by atoms with E-state index in [-0.39, 0.29) is 12.2 Å². The highest BCUT2D eigenvalue weighted by atomic mass is 16.6. The number of rotatable bonds is 5. The molecule has 23 heavy (non-hydrogen) atoms. The predicted molar refractivity (Wildman–Crippen MR) is 87.9 cm³/mol. The molecule has 1 aliphatic carbocycles. The average molecular weight is 319 g/mol. The van der Waals surface area contributed by atoms with E-state index in [1.165, 1.54) is 18.4 Å². The van der Waals surface area contributed by atoms with E-state index >= 15 is 0 Å². The summed E-state index contributed by atoms with van der Waals surface area (Å²) in [7, 11) is 3.41. The second kappa shape index (κ2) is 7.32. The number of ether oxygens (including phenoxy) is 3. The second-order valence-electron chi connectivity index (χ2n) is 6.37. The standard InChI is InChI=1S/C18H25NO4/c1-21-12-17-11-19(18(20)23-17)15-7-3-13(4-8-15)14-5-9-16(22-2)10-6-14/h3-4,7-8,14,16-17H,5-6,9-12H2,1-2H3/t14-,16-,17?. The van der Waals surface area contributed by atoms with Gasteiger partial charge in [0.2, 0.25) is 0 Å². The lowest BCUT2D eigenvalue weighted by molar-refractivity contribution is 0.0658. The molecule has 1 amide bonds. The van der Waals surface area contributed by atoms with Crippen LogP contribution in [-0.2, 0) is 14.2 Å². The van der Waals surface area contributed by atoms with Crippen molar-refractivity contribution in [2.45, 2.75) is 43.8 Å². The molecule has 0 bridgehead atoms. The molecule has 0 radical (unpaired) electrons. The normalized spacial score (nSPS) is 28.0. The summed E-state index contributed by atoms with van der Waals surface area (Å²) in [4.78, 5) is 13.6. The minimum absolute atomic E-state index is 0.184. The first-order valence-corrected chi connectivity index (χ1v) is 8.31. The lowest BCUT2D eigenvalue weighted by Crippen LogP contribution is -2.25. The summed E-state index contributed by atoms with van der Waals surface area (Å²) in [5.74, 6) is 0.599. The Kier molecular flexibility index (Phi) is 5.18. The number of cyclic esters (lactones) is 1. The number of benzene rings is 1. The van der Waals surface area contributed by atoms with Crippen LogP contribution in [0.3, 0.4) is 0 Å². The Bertz CT molecular complexity index is 522. The van der Waals surface area contributed by atoms with Crippen molar-refractivity contribution >= 4 is 11.8 Å². The van der Waals surface area contributed by atoms with Crippen LogP contribution in [0.25, 0.3) is 0 Å². The third-order valence-electron chi connectivity index (χ3n) is 4.91. The van der Waals surface area contributed by atoms with Crippen LogP contribution in [0.15, 0.2) is 24.3 Å². The molecule has 126 valence electrons. The van der Waals surface area contributed by atoms with Crippen LogP contribution in [0.1, 0.15) is 37.2 Å². The third kappa shape index (κ3) is 3.67. The summed E-state index contributed by atoms with van der Waals surface area (Å²) in [6, 6.07) is 8.33. The molecular formula is C18H25NO4. The number of anilines is 1. The molecule has 1 aromatic carbocycles. The Morgan fingerprint density at radius 3 is 2.43 bits per heavy atom. The van der Waals surface area contributed by atoms with Gasteiger partial charge in [-0.25, -0.2) is 4.79 Å². The van der Waals surface area contributed by atoms with Gasteiger partial charge in [0.25, 0.3) is 0 Å². The quantitative estimate of drug-likeness (QED) is 0.835. The molecule has 5 heteroatoms. The number of carbonyl (C=O) groups excluding carboxylic acids is 1. The van der Waals surface area contributed by atoms with E-state index < -0.39 is 0 Å². The van der Waals surface area contributed by atoms with Crippen molar-refractivity contribution in [2.75, 3.05) is 32.3 Å². The zero-order valence-electron chi connectivity index (χ0n) is 13.9. The van der Waals surface area contributed by atoms with Crippen molar-refractivity contribution in [3.8, 4) is 0 Å². The molecule has 1 aliphatic heterocycles. The smallest absolute Gasteiger partial charge is 0.414 e. The molecule has 1 saturated carbocycles. The maximum absolute atomic E-state index is 11.9. The van der Waals surface area contributed by atoms with Gasteiger partial charge in [-0.2, -0.15) is 0 Å². The Labute approximate surface area is 137 Å². The lowest BCUT2D eigenvalue weighted by atomic mass is 9.83. The number of hydrogen-bond donors (Lipinski definition) is 0. The van der Waals surface area contributed by atoms with Gasteiger partial charge in [0.05, 0.1) is 19.3 Å². The van der Waals surface area contributed by atoms with Crippen LogP contribution in [0.4, 0.5) is 10.5 Å². The summed E-state index contributed by atoms with van der Waals surface area (Å²) >= 11 is 0. The fourth-order valence-electron chi connectivity index (χ4n) is 3.56. The number of methoxy groups -OCH3 is 2. The second-order valence-corrected chi connectivity index (χ2v) is 6.37. The minimum atomic E-state index is -0.291. The number of amides is 1. The Morgan fingerprint density at radius 1 is 1.13 bits per heavy atom. The molecule has 1 saturated heterocycles. The summed E-state index contributed by atoms with van der Waals surface area (Å²) in [6.07, 6.45) is 4.53. The molecule has 5 nitrogen and oxygen atoms in total. The fraction of sp³-hybridized carbons (Fsp3) is 0.611. The van der Waals surface area contributed by atoms with Gasteiger partial charge in [-0.1, -0.05) is 12.1 Å². The van der Waals surface area contributed by atoms with E-state index in [0.29, 0.717) is 25.2 Å². The van der Waals surface area contributed by atoms with Gasteiger partial charge in [-0.05, 0) is 49.3 Å². The first kappa shape index (κ1) is 16.3. The summed E-state index contributed by atoms with van der Waals surface area (Å²) in [5, 5.41) is 0. The van der Waals surface area contributed by atoms with Gasteiger partial charge in [0.1, 0.15) is 6.10 Å². The number of hydrogen-bond acceptors (Lipinski definition) is 4. The van der Waals surface area contributed by atoms with Gasteiger partial charge in [0, 0.05) is 19.9 Å². The summed E-state index contributed by atoms with van der Waals surface area (Å²) in [5.41, 5.74) is 2.24. The largest absolute Gasteiger partial charge is 0.441 e. The van der Waals surface area contributed by atoms with Gasteiger partial charge in [0.15, 0.2) is 0 Å². The SMILES string of the molecule is COCC1CN(c2ccc([C@H]3CC[C@H](OC)CC3)cc2)C(=O)O1. The van der Waals surface area contributed by atoms with Crippen LogP contribution in [0, 0.1) is 0 Å². The van der Waals surface area contributed by atoms with Crippen LogP contribution in [0.2, 0.25) is 0 Å². The molecule has 0 spiro atoms. The van der Waals surface area contributed by atoms with E-state index in [9.17, 15) is 4.79 Å². The van der Waals surface area contributed by atoms with Gasteiger partial charge >= 0.3 is 6.09 Å². The molecule has 1 unspecified atom stereocenters. The van der Waals surface area contributed by atoms with Crippen LogP contribution in [0.5, 0.6) is 0 Å². The molecule has 1 atom stereocenters. The molecule has 2 fully saturated rings. The highest BCUT2D eigenvalue weighted by molar-refractivity contribution is 5.89. The van der Waals surface area contributed by atoms with E-state index in [1.54, 1.807) is 19.1 Å². The van der Waals surface area contributed by atoms with E-state index in [1.807, 2.05) is 12.1 Å². The van der Waals surface area contributed by atoms with E-state index in [4.69, 9.17) is 14.2 Å². The van der Waals surface area contributed by atoms with Crippen LogP contribution >= 0.6 is 0 Å². The predicted octanol–water partition coefficient (Wildman–Crippen LogP) is 3.33. The van der Waals surface area contributed by atoms with Crippen LogP contribution < -0.4 is 4.90 Å². The number of carbonyl (C=O) groups is 1. The maximum Gasteiger partial charge on any atom is 0.414 e. The van der Waals surface area contributed by atoms with Crippen LogP contribution in [-0.4, -0.2) is 45.7 Å². The minimum Gasteiger partial charge on any atom is -0.441 e. The van der Waals surface area contributed by atoms with E-state index in [2.05, 4.69) is 12.1 Å². The Balaban J connectivity index is 1.62. The molecule has 0 aromatic heterocycles. The highest BCUT2D eigenvalue weighted by Gasteiger charge is 2.32. The average Bonchev–Trinajstić information content (AvgIpc) is 2.96. The number of nitrogens with zero attached hydrogens (tertiary/aromatic N) is 1. The van der Waals surface area contributed by atoms with Gasteiger partial charge < -0.3 is 14.2 Å². The van der Waals surface area contributed by atoms with E-state index in [0.717, 1.165) is 18.5 Å². The lowest BCUT2D eigenvalue weighted by Gasteiger charge is -2.28. The highest BCUT2D eigenvalue weighted by Crippen LogP contribution is 2.34. The third-order valence-corrected chi connectivity index (χ3v) is 4.91. The zero-order valence-corrected chi connectivity index (χ0v) is 13.9. The molecule has 3 rings (SSSR count). The molecule has 2 aliphatic rings. The summed E-state index contributed by atoms with van der Waals surface area (Å²) in [6.45, 7) is 0.980. The Morgan fingerprint density at radius 2 is 1.83 bits per heavy atom. The topological polar surface area (TPSA) is 48.0 Å². The van der Waals surface area contributed by atoms with Gasteiger partial charge in [-0.3, -0.25) is 4.90 Å². The van der Waals surface area contributed by atoms with Crippen molar-refractivity contribution in [1.82, 2.24) is 0 Å². The molecule has 0 N–H and O–H groups in total. The summed E-state index contributed by atoms with van der Waals surface area (Å²) < 4.78 is 15.8. The first-order valence-electron chi connectivity index (χ1n) is 8.31.